The Balaban J connectivity index is 1.33. The first-order valence-electron chi connectivity index (χ1n) is 11.1. The fraction of sp³-hybridized carbons (Fsp3) is 0.524. The fourth-order valence-electron chi connectivity index (χ4n) is 4.73. The van der Waals surface area contributed by atoms with E-state index in [0.717, 1.165) is 37.1 Å². The van der Waals surface area contributed by atoms with Crippen LogP contribution in [0.2, 0.25) is 0 Å². The van der Waals surface area contributed by atoms with Crippen molar-refractivity contribution in [3.63, 3.8) is 0 Å². The molecule has 1 saturated carbocycles. The molecule has 2 bridgehead atoms. The van der Waals surface area contributed by atoms with Crippen LogP contribution in [-0.4, -0.2) is 50.2 Å². The van der Waals surface area contributed by atoms with Crippen LogP contribution in [0.4, 0.5) is 38.3 Å². The first kappa shape index (κ1) is 24.2. The summed E-state index contributed by atoms with van der Waals surface area (Å²) in [6, 6.07) is 3.43. The fourth-order valence-corrected chi connectivity index (χ4v) is 4.73. The van der Waals surface area contributed by atoms with Gasteiger partial charge in [0.25, 0.3) is 0 Å². The molecule has 1 aromatic carbocycles. The molecular formula is C21H21F6N7O2. The highest BCUT2D eigenvalue weighted by Gasteiger charge is 2.44. The van der Waals surface area contributed by atoms with Gasteiger partial charge in [0, 0.05) is 19.1 Å². The van der Waals surface area contributed by atoms with Crippen LogP contribution < -0.4 is 15.0 Å². The van der Waals surface area contributed by atoms with E-state index in [9.17, 15) is 26.3 Å². The Hall–Kier alpha value is -3.52. The van der Waals surface area contributed by atoms with Gasteiger partial charge in [-0.1, -0.05) is 5.16 Å². The maximum absolute atomic E-state index is 13.1. The van der Waals surface area contributed by atoms with E-state index in [1.54, 1.807) is 6.92 Å². The number of ether oxygens (including phenoxy) is 1. The van der Waals surface area contributed by atoms with Crippen LogP contribution in [0.1, 0.15) is 24.2 Å². The number of nitrogens with one attached hydrogen (secondary N) is 1. The van der Waals surface area contributed by atoms with Gasteiger partial charge in [-0.05, 0) is 55.9 Å². The molecule has 5 rings (SSSR count). The summed E-state index contributed by atoms with van der Waals surface area (Å²) in [4.78, 5) is 10.3. The maximum Gasteiger partial charge on any atom is 0.416 e. The third kappa shape index (κ3) is 5.18. The molecule has 0 radical (unpaired) electrons. The van der Waals surface area contributed by atoms with E-state index in [4.69, 9.17) is 9.26 Å². The summed E-state index contributed by atoms with van der Waals surface area (Å²) in [5, 5.41) is 10.9. The van der Waals surface area contributed by atoms with Crippen LogP contribution in [0, 0.1) is 18.8 Å². The number of hydrogen-bond donors (Lipinski definition) is 1. The average molecular weight is 517 g/mol. The quantitative estimate of drug-likeness (QED) is 0.472. The molecule has 9 nitrogen and oxygen atoms in total. The van der Waals surface area contributed by atoms with E-state index in [1.807, 2.05) is 4.90 Å². The van der Waals surface area contributed by atoms with E-state index in [2.05, 4.69) is 25.5 Å². The van der Waals surface area contributed by atoms with Crippen molar-refractivity contribution in [2.45, 2.75) is 44.7 Å². The van der Waals surface area contributed by atoms with Gasteiger partial charge < -0.3 is 19.5 Å². The number of anilines is 2. The van der Waals surface area contributed by atoms with Crippen LogP contribution >= 0.6 is 0 Å². The molecule has 15 heteroatoms. The zero-order chi connectivity index (χ0) is 25.7. The van der Waals surface area contributed by atoms with Crippen LogP contribution in [0.25, 0.3) is 0 Å². The second-order valence-corrected chi connectivity index (χ2v) is 8.91. The van der Waals surface area contributed by atoms with Crippen LogP contribution in [0.5, 0.6) is 11.8 Å². The monoisotopic (exact) mass is 517 g/mol. The number of rotatable bonds is 6. The zero-order valence-corrected chi connectivity index (χ0v) is 18.8. The van der Waals surface area contributed by atoms with E-state index >= 15 is 0 Å². The smallest absolute Gasteiger partial charge is 0.416 e. The van der Waals surface area contributed by atoms with E-state index < -0.39 is 30.5 Å². The molecule has 36 heavy (non-hydrogen) atoms. The van der Waals surface area contributed by atoms with Gasteiger partial charge in [-0.3, -0.25) is 0 Å². The minimum absolute atomic E-state index is 0.0508. The lowest BCUT2D eigenvalue weighted by Crippen LogP contribution is -2.48. The van der Waals surface area contributed by atoms with Crippen molar-refractivity contribution in [3.8, 4) is 11.8 Å². The van der Waals surface area contributed by atoms with Gasteiger partial charge in [-0.2, -0.15) is 36.3 Å². The van der Waals surface area contributed by atoms with Gasteiger partial charge in [0.15, 0.2) is 5.82 Å². The third-order valence-corrected chi connectivity index (χ3v) is 6.27. The Morgan fingerprint density at radius 1 is 1.03 bits per heavy atom. The molecule has 3 heterocycles. The lowest BCUT2D eigenvalue weighted by Gasteiger charge is -2.37. The number of fused-ring (bicyclic) bond motifs is 2. The summed E-state index contributed by atoms with van der Waals surface area (Å²) < 4.78 is 89.0. The molecule has 3 aromatic rings. The average Bonchev–Trinajstić information content (AvgIpc) is 3.43. The van der Waals surface area contributed by atoms with Gasteiger partial charge in [-0.15, -0.1) is 5.10 Å². The summed E-state index contributed by atoms with van der Waals surface area (Å²) in [6.07, 6.45) is -7.38. The van der Waals surface area contributed by atoms with Crippen molar-refractivity contribution >= 4 is 12.0 Å². The number of aryl methyl sites for hydroxylation is 1. The highest BCUT2D eigenvalue weighted by Crippen LogP contribution is 2.40. The van der Waals surface area contributed by atoms with Crippen LogP contribution in [0.3, 0.4) is 0 Å². The van der Waals surface area contributed by atoms with Gasteiger partial charge >= 0.3 is 24.4 Å². The van der Waals surface area contributed by atoms with Crippen molar-refractivity contribution in [3.05, 3.63) is 35.7 Å². The topological polar surface area (TPSA) is 94.1 Å². The van der Waals surface area contributed by atoms with Gasteiger partial charge in [-0.25, -0.2) is 4.68 Å². The summed E-state index contributed by atoms with van der Waals surface area (Å²) in [7, 11) is 0. The minimum Gasteiger partial charge on any atom is -0.424 e. The number of halogens is 6. The minimum atomic E-state index is -4.62. The molecule has 3 atom stereocenters. The summed E-state index contributed by atoms with van der Waals surface area (Å²) in [5.74, 6) is 0.658. The van der Waals surface area contributed by atoms with Gasteiger partial charge in [0.05, 0.1) is 5.56 Å². The molecule has 194 valence electrons. The Kier molecular flexibility index (Phi) is 5.95. The van der Waals surface area contributed by atoms with E-state index in [-0.39, 0.29) is 29.6 Å². The largest absolute Gasteiger partial charge is 0.424 e. The highest BCUT2D eigenvalue weighted by molar-refractivity contribution is 5.36. The lowest BCUT2D eigenvalue weighted by atomic mass is 9.92. The van der Waals surface area contributed by atoms with Crippen LogP contribution in [-0.2, 0) is 12.7 Å². The number of hydrogen-bond acceptors (Lipinski definition) is 8. The predicted molar refractivity (Wildman–Crippen MR) is 112 cm³/mol. The predicted octanol–water partition coefficient (Wildman–Crippen LogP) is 4.67. The van der Waals surface area contributed by atoms with Gasteiger partial charge in [0.1, 0.15) is 12.3 Å². The van der Waals surface area contributed by atoms with Crippen molar-refractivity contribution < 1.29 is 35.6 Å². The molecule has 2 aliphatic rings. The Morgan fingerprint density at radius 2 is 1.69 bits per heavy atom. The van der Waals surface area contributed by atoms with E-state index in [0.29, 0.717) is 29.6 Å². The molecular weight excluding hydrogens is 496 g/mol. The van der Waals surface area contributed by atoms with Crippen LogP contribution in [0.15, 0.2) is 28.8 Å². The summed E-state index contributed by atoms with van der Waals surface area (Å²) in [5.41, 5.74) is -0.911. The molecule has 1 N–H and O–H groups in total. The molecule has 0 amide bonds. The zero-order valence-electron chi connectivity index (χ0n) is 18.8. The van der Waals surface area contributed by atoms with Crippen molar-refractivity contribution in [1.82, 2.24) is 24.9 Å². The number of piperidine rings is 1. The lowest BCUT2D eigenvalue weighted by molar-refractivity contribution is -0.143. The van der Waals surface area contributed by atoms with Crippen molar-refractivity contribution in [2.75, 3.05) is 23.3 Å². The Bertz CT molecular complexity index is 1190. The third-order valence-electron chi connectivity index (χ3n) is 6.27. The summed E-state index contributed by atoms with van der Waals surface area (Å²) >= 11 is 0. The van der Waals surface area contributed by atoms with Crippen molar-refractivity contribution in [1.29, 1.82) is 0 Å². The number of nitrogens with zero attached hydrogens (tertiary/aromatic N) is 6. The Morgan fingerprint density at radius 3 is 2.25 bits per heavy atom. The molecule has 0 spiro atoms. The molecule has 1 saturated heterocycles. The van der Waals surface area contributed by atoms with Crippen molar-refractivity contribution in [2.24, 2.45) is 11.8 Å². The molecule has 1 aliphatic heterocycles. The second kappa shape index (κ2) is 8.85. The highest BCUT2D eigenvalue weighted by atomic mass is 19.4. The number of aromatic nitrogens is 5. The maximum atomic E-state index is 13.1. The summed E-state index contributed by atoms with van der Waals surface area (Å²) in [6.45, 7) is 1.49. The first-order chi connectivity index (χ1) is 16.9. The molecule has 2 fully saturated rings. The standard InChI is InChI=1S/C21H21F6N7O2/c1-11-28-18(36-32-11)33-8-12-2-3-13(9-33)16(12)29-17-30-19(34(31-17)10-20(22,23)24)35-15-6-4-14(5-7-15)21(25,26)27/h4-7,12-13,16H,2-3,8-10H2,1H3,(H,29,31)/t12-,13+,16+. The number of benzene rings is 1. The molecule has 1 aliphatic carbocycles. The molecule has 2 aromatic heterocycles. The number of alkyl halides is 6. The SMILES string of the molecule is Cc1noc(N2C[C@H]3CC[C@@H](C2)[C@H]3Nc2nc(Oc3ccc(C(F)(F)F)cc3)n(CC(F)(F)F)n2)n1. The first-order valence-corrected chi connectivity index (χ1v) is 11.1. The second-order valence-electron chi connectivity index (χ2n) is 8.91. The van der Waals surface area contributed by atoms with E-state index in [1.165, 1.54) is 0 Å². The molecule has 0 unspecified atom stereocenters. The van der Waals surface area contributed by atoms with Gasteiger partial charge in [0.2, 0.25) is 5.95 Å². The normalized spacial score (nSPS) is 22.2. The Labute approximate surface area is 200 Å².